The van der Waals surface area contributed by atoms with Crippen LogP contribution in [0.3, 0.4) is 0 Å². The largest absolute Gasteiger partial charge is 0.378 e. The number of nitrogens with one attached hydrogen (secondary N) is 2. The molecule has 1 saturated heterocycles. The van der Waals surface area contributed by atoms with Crippen LogP contribution < -0.4 is 15.5 Å². The lowest BCUT2D eigenvalue weighted by molar-refractivity contribution is -0.136. The summed E-state index contributed by atoms with van der Waals surface area (Å²) in [7, 11) is 3.91. The van der Waals surface area contributed by atoms with E-state index in [9.17, 15) is 9.59 Å². The van der Waals surface area contributed by atoms with Crippen molar-refractivity contribution in [2.24, 2.45) is 5.92 Å². The van der Waals surface area contributed by atoms with Gasteiger partial charge in [0, 0.05) is 43.5 Å². The number of hydrogen-bond donors (Lipinski definition) is 2. The molecule has 0 bridgehead atoms. The van der Waals surface area contributed by atoms with Crippen molar-refractivity contribution in [1.82, 2.24) is 10.2 Å². The van der Waals surface area contributed by atoms with Crippen molar-refractivity contribution >= 4 is 35.0 Å². The third-order valence-corrected chi connectivity index (χ3v) is 6.53. The molecule has 0 saturated carbocycles. The summed E-state index contributed by atoms with van der Waals surface area (Å²) >= 11 is 1.79. The van der Waals surface area contributed by atoms with Crippen molar-refractivity contribution in [3.05, 3.63) is 54.1 Å². The van der Waals surface area contributed by atoms with Gasteiger partial charge in [-0.2, -0.15) is 0 Å². The smallest absolute Gasteiger partial charge is 0.313 e. The van der Waals surface area contributed by atoms with Crippen molar-refractivity contribution < 1.29 is 9.59 Å². The van der Waals surface area contributed by atoms with E-state index in [1.165, 1.54) is 10.5 Å². The Morgan fingerprint density at radius 3 is 2.35 bits per heavy atom. The third-order valence-electron chi connectivity index (χ3n) is 5.69. The standard InChI is InChI=1S/C24H32N4O2S/c1-27(2)21-10-8-20(9-11-21)26-24(30)23(29)25-16-18-12-14-28(15-13-18)17-19-6-4-5-7-22(19)31-3/h4-11,18H,12-17H2,1-3H3,(H,25,29)(H,26,30). The van der Waals surface area contributed by atoms with Gasteiger partial charge in [0.2, 0.25) is 0 Å². The maximum absolute atomic E-state index is 12.2. The molecule has 2 aromatic carbocycles. The predicted octanol–water partition coefficient (Wildman–Crippen LogP) is 3.44. The van der Waals surface area contributed by atoms with Crippen molar-refractivity contribution in [3.63, 3.8) is 0 Å². The van der Waals surface area contributed by atoms with E-state index < -0.39 is 11.8 Å². The van der Waals surface area contributed by atoms with Crippen LogP contribution in [0.15, 0.2) is 53.4 Å². The van der Waals surface area contributed by atoms with Gasteiger partial charge in [0.1, 0.15) is 0 Å². The molecule has 2 aromatic rings. The minimum absolute atomic E-state index is 0.406. The Bertz CT molecular complexity index is 877. The first-order valence-corrected chi connectivity index (χ1v) is 11.9. The predicted molar refractivity (Wildman–Crippen MR) is 129 cm³/mol. The fourth-order valence-corrected chi connectivity index (χ4v) is 4.38. The van der Waals surface area contributed by atoms with Gasteiger partial charge < -0.3 is 15.5 Å². The molecule has 0 spiro atoms. The number of nitrogens with zero attached hydrogens (tertiary/aromatic N) is 2. The average molecular weight is 441 g/mol. The number of anilines is 2. The molecule has 6 nitrogen and oxygen atoms in total. The van der Waals surface area contributed by atoms with Gasteiger partial charge in [0.15, 0.2) is 0 Å². The summed E-state index contributed by atoms with van der Waals surface area (Å²) in [6.45, 7) is 3.52. The highest BCUT2D eigenvalue weighted by Crippen LogP contribution is 2.24. The number of carbonyl (C=O) groups excluding carboxylic acids is 2. The zero-order valence-electron chi connectivity index (χ0n) is 18.6. The van der Waals surface area contributed by atoms with Crippen molar-refractivity contribution in [1.29, 1.82) is 0 Å². The summed E-state index contributed by atoms with van der Waals surface area (Å²) in [6.07, 6.45) is 4.16. The maximum Gasteiger partial charge on any atom is 0.313 e. The van der Waals surface area contributed by atoms with Crippen LogP contribution in [0.25, 0.3) is 0 Å². The van der Waals surface area contributed by atoms with Gasteiger partial charge >= 0.3 is 11.8 Å². The molecular formula is C24H32N4O2S. The van der Waals surface area contributed by atoms with Crippen molar-refractivity contribution in [2.75, 3.05) is 50.2 Å². The molecule has 1 fully saturated rings. The van der Waals surface area contributed by atoms with E-state index in [1.807, 2.05) is 31.1 Å². The molecule has 0 radical (unpaired) electrons. The van der Waals surface area contributed by atoms with Gasteiger partial charge in [-0.15, -0.1) is 11.8 Å². The number of thioether (sulfide) groups is 1. The Labute approximate surface area is 189 Å². The van der Waals surface area contributed by atoms with E-state index >= 15 is 0 Å². The van der Waals surface area contributed by atoms with Gasteiger partial charge in [0.05, 0.1) is 0 Å². The molecule has 166 valence electrons. The number of likely N-dealkylation sites (tertiary alicyclic amines) is 1. The average Bonchev–Trinajstić information content (AvgIpc) is 2.79. The second-order valence-electron chi connectivity index (χ2n) is 8.14. The first-order valence-electron chi connectivity index (χ1n) is 10.7. The van der Waals surface area contributed by atoms with E-state index in [4.69, 9.17) is 0 Å². The van der Waals surface area contributed by atoms with Gasteiger partial charge in [-0.25, -0.2) is 0 Å². The highest BCUT2D eigenvalue weighted by atomic mass is 32.2. The Hall–Kier alpha value is -2.51. The van der Waals surface area contributed by atoms with Crippen molar-refractivity contribution in [3.8, 4) is 0 Å². The lowest BCUT2D eigenvalue weighted by Gasteiger charge is -2.32. The first-order chi connectivity index (χ1) is 15.0. The highest BCUT2D eigenvalue weighted by molar-refractivity contribution is 7.98. The molecule has 1 heterocycles. The molecule has 0 unspecified atom stereocenters. The minimum Gasteiger partial charge on any atom is -0.378 e. The van der Waals surface area contributed by atoms with Crippen LogP contribution in [0.5, 0.6) is 0 Å². The molecule has 1 aliphatic rings. The second-order valence-corrected chi connectivity index (χ2v) is 8.98. The van der Waals surface area contributed by atoms with Gasteiger partial charge in [-0.1, -0.05) is 18.2 Å². The number of hydrogen-bond acceptors (Lipinski definition) is 5. The summed E-state index contributed by atoms with van der Waals surface area (Å²) < 4.78 is 0. The summed E-state index contributed by atoms with van der Waals surface area (Å²) in [5.41, 5.74) is 3.02. The van der Waals surface area contributed by atoms with E-state index in [1.54, 1.807) is 23.9 Å². The van der Waals surface area contributed by atoms with Crippen LogP contribution in [0.2, 0.25) is 0 Å². The normalized spacial score (nSPS) is 14.8. The van der Waals surface area contributed by atoms with Crippen LogP contribution in [-0.2, 0) is 16.1 Å². The number of amides is 2. The zero-order valence-corrected chi connectivity index (χ0v) is 19.4. The van der Waals surface area contributed by atoms with Crippen molar-refractivity contribution in [2.45, 2.75) is 24.3 Å². The molecule has 0 aromatic heterocycles. The van der Waals surface area contributed by atoms with Gasteiger partial charge in [0.25, 0.3) is 0 Å². The Morgan fingerprint density at radius 1 is 1.03 bits per heavy atom. The maximum atomic E-state index is 12.2. The van der Waals surface area contributed by atoms with Crippen LogP contribution in [0.4, 0.5) is 11.4 Å². The number of carbonyl (C=O) groups is 2. The number of piperidine rings is 1. The van der Waals surface area contributed by atoms with E-state index in [2.05, 4.69) is 46.1 Å². The van der Waals surface area contributed by atoms with E-state index in [0.29, 0.717) is 18.2 Å². The molecule has 31 heavy (non-hydrogen) atoms. The van der Waals surface area contributed by atoms with Crippen LogP contribution in [-0.4, -0.2) is 56.7 Å². The zero-order chi connectivity index (χ0) is 22.2. The Balaban J connectivity index is 1.39. The second kappa shape index (κ2) is 11.2. The molecule has 0 aliphatic carbocycles. The van der Waals surface area contributed by atoms with Crippen LogP contribution in [0, 0.1) is 5.92 Å². The quantitative estimate of drug-likeness (QED) is 0.510. The molecule has 3 rings (SSSR count). The Morgan fingerprint density at radius 2 is 1.71 bits per heavy atom. The number of rotatable bonds is 7. The monoisotopic (exact) mass is 440 g/mol. The lowest BCUT2D eigenvalue weighted by atomic mass is 9.96. The summed E-state index contributed by atoms with van der Waals surface area (Å²) in [5.74, 6) is -0.792. The van der Waals surface area contributed by atoms with E-state index in [-0.39, 0.29) is 0 Å². The lowest BCUT2D eigenvalue weighted by Crippen LogP contribution is -2.41. The van der Waals surface area contributed by atoms with Gasteiger partial charge in [-0.3, -0.25) is 14.5 Å². The SMILES string of the molecule is CSc1ccccc1CN1CCC(CNC(=O)C(=O)Nc2ccc(N(C)C)cc2)CC1. The van der Waals surface area contributed by atoms with Crippen LogP contribution >= 0.6 is 11.8 Å². The molecule has 0 atom stereocenters. The first kappa shape index (κ1) is 23.2. The fourth-order valence-electron chi connectivity index (χ4n) is 3.77. The summed E-state index contributed by atoms with van der Waals surface area (Å²) in [5, 5.41) is 5.46. The van der Waals surface area contributed by atoms with E-state index in [0.717, 1.165) is 38.2 Å². The Kier molecular flexibility index (Phi) is 8.37. The minimum atomic E-state index is -0.622. The van der Waals surface area contributed by atoms with Gasteiger partial charge in [-0.05, 0) is 74.0 Å². The number of benzene rings is 2. The molecule has 2 amide bonds. The third kappa shape index (κ3) is 6.74. The summed E-state index contributed by atoms with van der Waals surface area (Å²) in [4.78, 5) is 30.2. The summed E-state index contributed by atoms with van der Waals surface area (Å²) in [6, 6.07) is 15.9. The molecule has 1 aliphatic heterocycles. The highest BCUT2D eigenvalue weighted by Gasteiger charge is 2.22. The fraction of sp³-hybridized carbons (Fsp3) is 0.417. The van der Waals surface area contributed by atoms with Crippen LogP contribution in [0.1, 0.15) is 18.4 Å². The molecule has 7 heteroatoms. The molecule has 2 N–H and O–H groups in total. The topological polar surface area (TPSA) is 64.7 Å². The molecular weight excluding hydrogens is 408 g/mol.